The molecule has 1 aliphatic rings. The Hall–Kier alpha value is -1.71. The van der Waals surface area contributed by atoms with Gasteiger partial charge in [-0.1, -0.05) is 40.5 Å². The number of carbonyl (C=O) groups is 3. The van der Waals surface area contributed by atoms with E-state index in [9.17, 15) is 19.5 Å². The second-order valence-corrected chi connectivity index (χ2v) is 8.89. The van der Waals surface area contributed by atoms with Crippen LogP contribution in [0.15, 0.2) is 0 Å². The van der Waals surface area contributed by atoms with E-state index in [4.69, 9.17) is 15.2 Å². The Labute approximate surface area is 199 Å². The highest BCUT2D eigenvalue weighted by Gasteiger charge is 2.41. The van der Waals surface area contributed by atoms with Crippen LogP contribution in [0, 0.1) is 11.8 Å². The fourth-order valence-corrected chi connectivity index (χ4v) is 4.46. The van der Waals surface area contributed by atoms with Crippen molar-refractivity contribution >= 4 is 17.8 Å². The molecule has 33 heavy (non-hydrogen) atoms. The quantitative estimate of drug-likeness (QED) is 0.446. The summed E-state index contributed by atoms with van der Waals surface area (Å²) >= 11 is 0. The Bertz CT molecular complexity index is 603. The number of nitrogens with zero attached hydrogens (tertiary/aromatic N) is 2. The van der Waals surface area contributed by atoms with E-state index < -0.39 is 24.1 Å². The van der Waals surface area contributed by atoms with Crippen LogP contribution in [-0.4, -0.2) is 91.3 Å². The number of nitrogens with two attached hydrogens (primary N) is 1. The monoisotopic (exact) mass is 473 g/mol. The van der Waals surface area contributed by atoms with Crippen LogP contribution in [0.5, 0.6) is 0 Å². The first-order valence-corrected chi connectivity index (χ1v) is 12.1. The minimum atomic E-state index is -0.949. The number of methoxy groups -OCH3 is 2. The van der Waals surface area contributed by atoms with Gasteiger partial charge in [0.2, 0.25) is 11.8 Å². The first-order valence-electron chi connectivity index (χ1n) is 12.1. The van der Waals surface area contributed by atoms with Gasteiger partial charge in [0, 0.05) is 27.8 Å². The molecule has 0 aromatic rings. The van der Waals surface area contributed by atoms with Gasteiger partial charge in [-0.2, -0.15) is 0 Å². The summed E-state index contributed by atoms with van der Waals surface area (Å²) in [6, 6.07) is -0.589. The Morgan fingerprint density at radius 1 is 1.15 bits per heavy atom. The number of carboxylic acids is 1. The van der Waals surface area contributed by atoms with Crippen molar-refractivity contribution in [2.45, 2.75) is 91.0 Å². The van der Waals surface area contributed by atoms with E-state index in [1.54, 1.807) is 30.9 Å². The normalized spacial score (nSPS) is 20.2. The number of hydrogen-bond acceptors (Lipinski definition) is 6. The highest BCUT2D eigenvalue weighted by atomic mass is 16.5. The van der Waals surface area contributed by atoms with Crippen molar-refractivity contribution < 1.29 is 29.0 Å². The number of likely N-dealkylation sites (tertiary alicyclic amines) is 1. The molecule has 3 N–H and O–H groups in total. The second kappa shape index (κ2) is 16.0. The summed E-state index contributed by atoms with van der Waals surface area (Å²) in [4.78, 5) is 40.2. The molecule has 9 heteroatoms. The molecule has 6 atom stereocenters. The predicted molar refractivity (Wildman–Crippen MR) is 129 cm³/mol. The Balaban J connectivity index is 0.00000322. The molecule has 0 aromatic carbocycles. The molecule has 0 aromatic heterocycles. The molecule has 0 radical (unpaired) electrons. The third-order valence-electron chi connectivity index (χ3n) is 6.45. The average Bonchev–Trinajstić information content (AvgIpc) is 3.27. The third-order valence-corrected chi connectivity index (χ3v) is 6.45. The van der Waals surface area contributed by atoms with Crippen molar-refractivity contribution in [1.29, 1.82) is 0 Å². The molecule has 1 aliphatic heterocycles. The molecule has 0 saturated carbocycles. The van der Waals surface area contributed by atoms with E-state index in [0.717, 1.165) is 12.8 Å². The Morgan fingerprint density at radius 2 is 1.73 bits per heavy atom. The summed E-state index contributed by atoms with van der Waals surface area (Å²) in [7, 11) is 4.71. The van der Waals surface area contributed by atoms with Crippen LogP contribution in [0.25, 0.3) is 0 Å². The Morgan fingerprint density at radius 3 is 2.15 bits per heavy atom. The SMILES string of the molecule is CCC.CCC(C)C(C(CC(=O)N1CCCC1C(OC)C(C)C(=O)O)OC)N(C)C(=O)CN. The molecule has 1 rings (SSSR count). The lowest BCUT2D eigenvalue weighted by Crippen LogP contribution is -2.53. The van der Waals surface area contributed by atoms with Crippen LogP contribution in [0.1, 0.15) is 66.7 Å². The lowest BCUT2D eigenvalue weighted by molar-refractivity contribution is -0.151. The van der Waals surface area contributed by atoms with Gasteiger partial charge < -0.3 is 30.1 Å². The van der Waals surface area contributed by atoms with Gasteiger partial charge in [0.15, 0.2) is 0 Å². The molecule has 1 heterocycles. The van der Waals surface area contributed by atoms with Gasteiger partial charge in [-0.05, 0) is 25.7 Å². The summed E-state index contributed by atoms with van der Waals surface area (Å²) in [5.74, 6) is -1.90. The molecule has 1 saturated heterocycles. The average molecular weight is 474 g/mol. The van der Waals surface area contributed by atoms with Gasteiger partial charge in [-0.25, -0.2) is 0 Å². The molecule has 0 bridgehead atoms. The summed E-state index contributed by atoms with van der Waals surface area (Å²) in [6.45, 7) is 10.3. The van der Waals surface area contributed by atoms with Gasteiger partial charge in [-0.15, -0.1) is 0 Å². The van der Waals surface area contributed by atoms with Gasteiger partial charge in [0.1, 0.15) is 0 Å². The second-order valence-electron chi connectivity index (χ2n) is 8.89. The fraction of sp³-hybridized carbons (Fsp3) is 0.875. The summed E-state index contributed by atoms with van der Waals surface area (Å²) in [6.07, 6.45) is 2.58. The number of carbonyl (C=O) groups excluding carboxylic acids is 2. The number of hydrogen-bond donors (Lipinski definition) is 2. The van der Waals surface area contributed by atoms with Crippen LogP contribution < -0.4 is 5.73 Å². The van der Waals surface area contributed by atoms with Crippen molar-refractivity contribution in [2.24, 2.45) is 17.6 Å². The fourth-order valence-electron chi connectivity index (χ4n) is 4.46. The van der Waals surface area contributed by atoms with Crippen LogP contribution in [0.3, 0.4) is 0 Å². The summed E-state index contributed by atoms with van der Waals surface area (Å²) in [5, 5.41) is 9.40. The smallest absolute Gasteiger partial charge is 0.308 e. The van der Waals surface area contributed by atoms with Crippen molar-refractivity contribution in [3.05, 3.63) is 0 Å². The summed E-state index contributed by atoms with van der Waals surface area (Å²) < 4.78 is 11.2. The van der Waals surface area contributed by atoms with Gasteiger partial charge in [0.25, 0.3) is 0 Å². The standard InChI is InChI=1S/C21H39N3O6.C3H8/c1-7-13(2)19(23(4)18(26)12-22)16(29-5)11-17(25)24-10-8-9-15(24)20(30-6)14(3)21(27)28;1-3-2/h13-16,19-20H,7-12,22H2,1-6H3,(H,27,28);3H2,1-2H3. The summed E-state index contributed by atoms with van der Waals surface area (Å²) in [5.41, 5.74) is 5.55. The number of amides is 2. The maximum absolute atomic E-state index is 13.2. The van der Waals surface area contributed by atoms with Crippen molar-refractivity contribution in [1.82, 2.24) is 9.80 Å². The molecular weight excluding hydrogens is 426 g/mol. The predicted octanol–water partition coefficient (Wildman–Crippen LogP) is 2.37. The first-order chi connectivity index (χ1) is 15.6. The van der Waals surface area contributed by atoms with E-state index in [1.165, 1.54) is 13.5 Å². The van der Waals surface area contributed by atoms with E-state index in [2.05, 4.69) is 13.8 Å². The highest BCUT2D eigenvalue weighted by molar-refractivity contribution is 5.79. The third kappa shape index (κ3) is 8.87. The molecule has 1 fully saturated rings. The molecule has 2 amide bonds. The Kier molecular flexibility index (Phi) is 15.2. The van der Waals surface area contributed by atoms with Gasteiger partial charge in [-0.3, -0.25) is 14.4 Å². The van der Waals surface area contributed by atoms with Crippen molar-refractivity contribution in [2.75, 3.05) is 34.4 Å². The number of likely N-dealkylation sites (N-methyl/N-ethyl adjacent to an activating group) is 1. The maximum Gasteiger partial charge on any atom is 0.308 e. The minimum absolute atomic E-state index is 0.0993. The molecular formula is C24H47N3O6. The lowest BCUT2D eigenvalue weighted by atomic mass is 9.90. The minimum Gasteiger partial charge on any atom is -0.481 e. The molecule has 0 aliphatic carbocycles. The molecule has 9 nitrogen and oxygen atoms in total. The van der Waals surface area contributed by atoms with Gasteiger partial charge in [0.05, 0.1) is 43.2 Å². The van der Waals surface area contributed by atoms with E-state index >= 15 is 0 Å². The van der Waals surface area contributed by atoms with Crippen molar-refractivity contribution in [3.63, 3.8) is 0 Å². The van der Waals surface area contributed by atoms with Crippen LogP contribution in [0.4, 0.5) is 0 Å². The van der Waals surface area contributed by atoms with Crippen molar-refractivity contribution in [3.8, 4) is 0 Å². The zero-order valence-electron chi connectivity index (χ0n) is 21.9. The molecule has 194 valence electrons. The lowest BCUT2D eigenvalue weighted by Gasteiger charge is -2.39. The van der Waals surface area contributed by atoms with Crippen LogP contribution in [-0.2, 0) is 23.9 Å². The maximum atomic E-state index is 13.2. The number of aliphatic carboxylic acids is 1. The van der Waals surface area contributed by atoms with Gasteiger partial charge >= 0.3 is 5.97 Å². The van der Waals surface area contributed by atoms with Crippen LogP contribution >= 0.6 is 0 Å². The highest BCUT2D eigenvalue weighted by Crippen LogP contribution is 2.29. The van der Waals surface area contributed by atoms with Crippen LogP contribution in [0.2, 0.25) is 0 Å². The molecule has 0 spiro atoms. The first kappa shape index (κ1) is 31.3. The zero-order chi connectivity index (χ0) is 25.7. The number of carboxylic acid groups (broad SMARTS) is 1. The van der Waals surface area contributed by atoms with E-state index in [-0.39, 0.29) is 42.8 Å². The molecule has 6 unspecified atom stereocenters. The zero-order valence-corrected chi connectivity index (χ0v) is 21.9. The van der Waals surface area contributed by atoms with E-state index in [0.29, 0.717) is 13.0 Å². The number of ether oxygens (including phenoxy) is 2. The largest absolute Gasteiger partial charge is 0.481 e. The topological polar surface area (TPSA) is 122 Å². The number of rotatable bonds is 12. The van der Waals surface area contributed by atoms with E-state index in [1.807, 2.05) is 13.8 Å².